The van der Waals surface area contributed by atoms with Crippen LogP contribution in [0.2, 0.25) is 0 Å². The number of benzene rings is 1. The van der Waals surface area contributed by atoms with Crippen molar-refractivity contribution in [2.75, 3.05) is 40.9 Å². The van der Waals surface area contributed by atoms with Gasteiger partial charge in [0, 0.05) is 19.2 Å². The summed E-state index contributed by atoms with van der Waals surface area (Å²) in [5, 5.41) is 3.15. The first kappa shape index (κ1) is 17.5. The zero-order valence-corrected chi connectivity index (χ0v) is 14.0. The van der Waals surface area contributed by atoms with Crippen molar-refractivity contribution in [1.29, 1.82) is 0 Å². The Hall–Kier alpha value is -1.82. The Kier molecular flexibility index (Phi) is 6.21. The van der Waals surface area contributed by atoms with Crippen molar-refractivity contribution in [3.63, 3.8) is 0 Å². The molecule has 128 valence electrons. The Bertz CT molecular complexity index is 543. The summed E-state index contributed by atoms with van der Waals surface area (Å²) in [6.45, 7) is 2.32. The number of piperidine rings is 1. The molecule has 1 amide bonds. The van der Waals surface area contributed by atoms with Crippen LogP contribution >= 0.6 is 0 Å². The number of likely N-dealkylation sites (tertiary alicyclic amines) is 1. The summed E-state index contributed by atoms with van der Waals surface area (Å²) in [5.74, 6) is 0.413. The molecule has 1 aromatic carbocycles. The molecule has 1 aliphatic rings. The molecule has 1 N–H and O–H groups in total. The number of carbonyl (C=O) groups excluding carboxylic acids is 1. The molecule has 1 heterocycles. The van der Waals surface area contributed by atoms with E-state index in [1.807, 2.05) is 7.05 Å². The molecule has 1 aliphatic heterocycles. The number of ether oxygens (including phenoxy) is 2. The van der Waals surface area contributed by atoms with Gasteiger partial charge in [-0.3, -0.25) is 4.79 Å². The van der Waals surface area contributed by atoms with E-state index >= 15 is 0 Å². The van der Waals surface area contributed by atoms with Crippen LogP contribution in [-0.2, 0) is 0 Å². The molecule has 0 atom stereocenters. The molecule has 23 heavy (non-hydrogen) atoms. The van der Waals surface area contributed by atoms with E-state index in [9.17, 15) is 9.18 Å². The number of hydrogen-bond acceptors (Lipinski definition) is 4. The third kappa shape index (κ3) is 4.13. The van der Waals surface area contributed by atoms with Crippen molar-refractivity contribution < 1.29 is 18.7 Å². The molecule has 6 heteroatoms. The van der Waals surface area contributed by atoms with Crippen LogP contribution in [0, 0.1) is 11.7 Å². The summed E-state index contributed by atoms with van der Waals surface area (Å²) < 4.78 is 24.4. The first-order chi connectivity index (χ1) is 11.1. The Balaban J connectivity index is 2.06. The fourth-order valence-electron chi connectivity index (χ4n) is 2.96. The smallest absolute Gasteiger partial charge is 0.256 e. The van der Waals surface area contributed by atoms with Gasteiger partial charge < -0.3 is 19.7 Å². The van der Waals surface area contributed by atoms with E-state index in [0.29, 0.717) is 24.8 Å². The third-order valence-corrected chi connectivity index (χ3v) is 4.41. The van der Waals surface area contributed by atoms with Crippen molar-refractivity contribution in [3.05, 3.63) is 23.5 Å². The maximum absolute atomic E-state index is 14.2. The molecule has 0 aromatic heterocycles. The largest absolute Gasteiger partial charge is 0.493 e. The molecule has 0 spiro atoms. The van der Waals surface area contributed by atoms with Gasteiger partial charge in [-0.05, 0) is 44.8 Å². The maximum Gasteiger partial charge on any atom is 0.256 e. The van der Waals surface area contributed by atoms with Crippen LogP contribution in [0.15, 0.2) is 12.1 Å². The number of halogens is 1. The summed E-state index contributed by atoms with van der Waals surface area (Å²) in [6, 6.07) is 2.62. The minimum Gasteiger partial charge on any atom is -0.493 e. The lowest BCUT2D eigenvalue weighted by molar-refractivity contribution is 0.0682. The predicted molar refractivity (Wildman–Crippen MR) is 86.7 cm³/mol. The SMILES string of the molecule is CNCCC1CCN(C(=O)c2cc(OC)c(OC)cc2F)CC1. The van der Waals surface area contributed by atoms with Gasteiger partial charge in [-0.25, -0.2) is 4.39 Å². The zero-order valence-electron chi connectivity index (χ0n) is 14.0. The fraction of sp³-hybridized carbons (Fsp3) is 0.588. The lowest BCUT2D eigenvalue weighted by Gasteiger charge is -2.32. The first-order valence-electron chi connectivity index (χ1n) is 7.96. The quantitative estimate of drug-likeness (QED) is 0.872. The van der Waals surface area contributed by atoms with E-state index in [1.54, 1.807) is 4.90 Å². The summed E-state index contributed by atoms with van der Waals surface area (Å²) in [6.07, 6.45) is 3.04. The molecule has 1 aromatic rings. The van der Waals surface area contributed by atoms with Gasteiger partial charge in [0.15, 0.2) is 11.5 Å². The minimum absolute atomic E-state index is 0.0383. The topological polar surface area (TPSA) is 50.8 Å². The van der Waals surface area contributed by atoms with Crippen LogP contribution in [0.3, 0.4) is 0 Å². The average molecular weight is 324 g/mol. The summed E-state index contributed by atoms with van der Waals surface area (Å²) in [4.78, 5) is 14.3. The van der Waals surface area contributed by atoms with Crippen LogP contribution in [0.4, 0.5) is 4.39 Å². The molecule has 0 unspecified atom stereocenters. The Morgan fingerprint density at radius 2 is 1.87 bits per heavy atom. The molecule has 2 rings (SSSR count). The van der Waals surface area contributed by atoms with Crippen LogP contribution in [-0.4, -0.2) is 51.7 Å². The Labute approximate surface area is 136 Å². The molecule has 5 nitrogen and oxygen atoms in total. The molecule has 0 saturated carbocycles. The normalized spacial score (nSPS) is 15.6. The minimum atomic E-state index is -0.579. The fourth-order valence-corrected chi connectivity index (χ4v) is 2.96. The van der Waals surface area contributed by atoms with E-state index in [4.69, 9.17) is 9.47 Å². The van der Waals surface area contributed by atoms with Crippen LogP contribution in [0.25, 0.3) is 0 Å². The van der Waals surface area contributed by atoms with Crippen LogP contribution < -0.4 is 14.8 Å². The third-order valence-electron chi connectivity index (χ3n) is 4.41. The average Bonchev–Trinajstić information content (AvgIpc) is 2.59. The first-order valence-corrected chi connectivity index (χ1v) is 7.96. The van der Waals surface area contributed by atoms with Gasteiger partial charge in [0.2, 0.25) is 0 Å². The van der Waals surface area contributed by atoms with Crippen molar-refractivity contribution in [2.45, 2.75) is 19.3 Å². The molecular weight excluding hydrogens is 299 g/mol. The Morgan fingerprint density at radius 1 is 1.26 bits per heavy atom. The molecule has 1 fully saturated rings. The highest BCUT2D eigenvalue weighted by atomic mass is 19.1. The Morgan fingerprint density at radius 3 is 2.43 bits per heavy atom. The number of rotatable bonds is 6. The number of hydrogen-bond donors (Lipinski definition) is 1. The second-order valence-electron chi connectivity index (χ2n) is 5.81. The number of nitrogens with zero attached hydrogens (tertiary/aromatic N) is 1. The summed E-state index contributed by atoms with van der Waals surface area (Å²) in [5.41, 5.74) is 0.0383. The van der Waals surface area contributed by atoms with Crippen molar-refractivity contribution in [1.82, 2.24) is 10.2 Å². The van der Waals surface area contributed by atoms with Gasteiger partial charge in [-0.1, -0.05) is 0 Å². The van der Waals surface area contributed by atoms with Crippen LogP contribution in [0.1, 0.15) is 29.6 Å². The highest BCUT2D eigenvalue weighted by Gasteiger charge is 2.26. The monoisotopic (exact) mass is 324 g/mol. The maximum atomic E-state index is 14.2. The van der Waals surface area contributed by atoms with E-state index in [2.05, 4.69) is 5.32 Å². The second-order valence-corrected chi connectivity index (χ2v) is 5.81. The van der Waals surface area contributed by atoms with Crippen molar-refractivity contribution in [2.24, 2.45) is 5.92 Å². The van der Waals surface area contributed by atoms with Crippen molar-refractivity contribution in [3.8, 4) is 11.5 Å². The number of amides is 1. The molecule has 0 aliphatic carbocycles. The van der Waals surface area contributed by atoms with Gasteiger partial charge >= 0.3 is 0 Å². The highest BCUT2D eigenvalue weighted by Crippen LogP contribution is 2.31. The number of methoxy groups -OCH3 is 2. The summed E-state index contributed by atoms with van der Waals surface area (Å²) in [7, 11) is 4.85. The van der Waals surface area contributed by atoms with E-state index in [0.717, 1.165) is 25.8 Å². The molecule has 0 bridgehead atoms. The van der Waals surface area contributed by atoms with Gasteiger partial charge in [0.1, 0.15) is 5.82 Å². The van der Waals surface area contributed by atoms with E-state index in [1.165, 1.54) is 26.4 Å². The highest BCUT2D eigenvalue weighted by molar-refractivity contribution is 5.95. The lowest BCUT2D eigenvalue weighted by atomic mass is 9.93. The lowest BCUT2D eigenvalue weighted by Crippen LogP contribution is -2.39. The van der Waals surface area contributed by atoms with E-state index in [-0.39, 0.29) is 17.2 Å². The van der Waals surface area contributed by atoms with Gasteiger partial charge in [-0.2, -0.15) is 0 Å². The van der Waals surface area contributed by atoms with Crippen molar-refractivity contribution >= 4 is 5.91 Å². The number of carbonyl (C=O) groups is 1. The molecule has 0 radical (unpaired) electrons. The standard InChI is InChI=1S/C17H25FN2O3/c1-19-7-4-12-5-8-20(9-6-12)17(21)13-10-15(22-2)16(23-3)11-14(13)18/h10-12,19H,4-9H2,1-3H3. The summed E-state index contributed by atoms with van der Waals surface area (Å²) >= 11 is 0. The van der Waals surface area contributed by atoms with Gasteiger partial charge in [0.25, 0.3) is 5.91 Å². The molecule has 1 saturated heterocycles. The molecular formula is C17H25FN2O3. The van der Waals surface area contributed by atoms with Gasteiger partial charge in [-0.15, -0.1) is 0 Å². The predicted octanol–water partition coefficient (Wildman–Crippen LogP) is 2.30. The van der Waals surface area contributed by atoms with Crippen LogP contribution in [0.5, 0.6) is 11.5 Å². The zero-order chi connectivity index (χ0) is 16.8. The van der Waals surface area contributed by atoms with Gasteiger partial charge in [0.05, 0.1) is 19.8 Å². The number of nitrogens with one attached hydrogen (secondary N) is 1. The van der Waals surface area contributed by atoms with E-state index < -0.39 is 5.82 Å². The second kappa shape index (κ2) is 8.15.